The van der Waals surface area contributed by atoms with Gasteiger partial charge in [0.05, 0.1) is 32.9 Å². The fraction of sp³-hybridized carbons (Fsp3) is 0.241. The van der Waals surface area contributed by atoms with Crippen molar-refractivity contribution in [1.82, 2.24) is 0 Å². The lowest BCUT2D eigenvalue weighted by atomic mass is 9.93. The molecule has 0 radical (unpaired) electrons. The Morgan fingerprint density at radius 2 is 1.42 bits per heavy atom. The van der Waals surface area contributed by atoms with Gasteiger partial charge in [-0.15, -0.1) is 0 Å². The van der Waals surface area contributed by atoms with Gasteiger partial charge < -0.3 is 19.3 Å². The number of carbonyl (C=O) groups excluding carboxylic acids is 2. The first-order valence-corrected chi connectivity index (χ1v) is 11.5. The van der Waals surface area contributed by atoms with Gasteiger partial charge in [-0.3, -0.25) is 14.5 Å². The maximum absolute atomic E-state index is 13.4. The molecule has 1 aliphatic rings. The summed E-state index contributed by atoms with van der Waals surface area (Å²) in [4.78, 5) is 28.3. The van der Waals surface area contributed by atoms with Gasteiger partial charge in [-0.2, -0.15) is 0 Å². The molecule has 1 amide bonds. The van der Waals surface area contributed by atoms with Crippen LogP contribution in [0.25, 0.3) is 5.76 Å². The maximum Gasteiger partial charge on any atom is 0.300 e. The van der Waals surface area contributed by atoms with Crippen LogP contribution in [0.2, 0.25) is 0 Å². The Hall–Kier alpha value is -4.26. The molecule has 1 N–H and O–H groups in total. The Morgan fingerprint density at radius 1 is 0.806 bits per heavy atom. The summed E-state index contributed by atoms with van der Waals surface area (Å²) in [7, 11) is 4.48. The van der Waals surface area contributed by atoms with Crippen LogP contribution in [0.3, 0.4) is 0 Å². The van der Waals surface area contributed by atoms with E-state index in [0.29, 0.717) is 34.1 Å². The summed E-state index contributed by atoms with van der Waals surface area (Å²) in [5, 5.41) is 11.4. The maximum atomic E-state index is 13.4. The van der Waals surface area contributed by atoms with Crippen LogP contribution in [0.5, 0.6) is 17.2 Å². The lowest BCUT2D eigenvalue weighted by molar-refractivity contribution is -0.132. The Kier molecular flexibility index (Phi) is 6.75. The number of hydrogen-bond donors (Lipinski definition) is 1. The predicted octanol–water partition coefficient (Wildman–Crippen LogP) is 5.26. The number of methoxy groups -OCH3 is 3. The van der Waals surface area contributed by atoms with Crippen molar-refractivity contribution in [3.63, 3.8) is 0 Å². The SMILES string of the molecule is COc1cc(C2/C(=C(\O)c3ccc(C)c(C)c3)C(=O)C(=O)N2c2ccc(C)cc2)cc(OC)c1OC. The van der Waals surface area contributed by atoms with Gasteiger partial charge in [0.25, 0.3) is 11.7 Å². The minimum Gasteiger partial charge on any atom is -0.507 e. The molecule has 7 nitrogen and oxygen atoms in total. The summed E-state index contributed by atoms with van der Waals surface area (Å²) >= 11 is 0. The fourth-order valence-electron chi connectivity index (χ4n) is 4.42. The first-order valence-electron chi connectivity index (χ1n) is 11.5. The Bertz CT molecular complexity index is 1350. The Morgan fingerprint density at radius 3 is 1.94 bits per heavy atom. The van der Waals surface area contributed by atoms with Crippen molar-refractivity contribution in [2.45, 2.75) is 26.8 Å². The molecule has 1 unspecified atom stereocenters. The smallest absolute Gasteiger partial charge is 0.300 e. The van der Waals surface area contributed by atoms with Gasteiger partial charge in [-0.05, 0) is 67.8 Å². The number of amides is 1. The highest BCUT2D eigenvalue weighted by Crippen LogP contribution is 2.47. The minimum atomic E-state index is -0.928. The van der Waals surface area contributed by atoms with E-state index in [4.69, 9.17) is 14.2 Å². The number of ether oxygens (including phenoxy) is 3. The molecule has 4 rings (SSSR count). The number of benzene rings is 3. The molecule has 0 bridgehead atoms. The number of nitrogens with zero attached hydrogens (tertiary/aromatic N) is 1. The van der Waals surface area contributed by atoms with Gasteiger partial charge in [0.15, 0.2) is 11.5 Å². The van der Waals surface area contributed by atoms with E-state index in [0.717, 1.165) is 16.7 Å². The van der Waals surface area contributed by atoms with Gasteiger partial charge in [-0.1, -0.05) is 29.8 Å². The molecule has 3 aromatic rings. The lowest BCUT2D eigenvalue weighted by Crippen LogP contribution is -2.29. The van der Waals surface area contributed by atoms with Crippen LogP contribution in [0, 0.1) is 20.8 Å². The zero-order valence-corrected chi connectivity index (χ0v) is 21.2. The van der Waals surface area contributed by atoms with E-state index in [9.17, 15) is 14.7 Å². The van der Waals surface area contributed by atoms with Crippen molar-refractivity contribution in [3.8, 4) is 17.2 Å². The largest absolute Gasteiger partial charge is 0.507 e. The van der Waals surface area contributed by atoms with Crippen LogP contribution >= 0.6 is 0 Å². The molecular weight excluding hydrogens is 458 g/mol. The molecule has 0 saturated carbocycles. The van der Waals surface area contributed by atoms with Gasteiger partial charge in [0, 0.05) is 11.3 Å². The first kappa shape index (κ1) is 24.9. The molecular formula is C29H29NO6. The highest BCUT2D eigenvalue weighted by molar-refractivity contribution is 6.51. The normalized spacial score (nSPS) is 16.8. The minimum absolute atomic E-state index is 0.0156. The monoisotopic (exact) mass is 487 g/mol. The molecule has 1 fully saturated rings. The number of aliphatic hydroxyl groups excluding tert-OH is 1. The van der Waals surface area contributed by atoms with E-state index in [1.165, 1.54) is 26.2 Å². The summed E-state index contributed by atoms with van der Waals surface area (Å²) in [5.41, 5.74) is 4.50. The molecule has 1 aliphatic heterocycles. The lowest BCUT2D eigenvalue weighted by Gasteiger charge is -2.26. The number of Topliss-reactive ketones (excluding diaryl/α,β-unsaturated/α-hetero) is 1. The standard InChI is InChI=1S/C29H29NO6/c1-16-7-11-21(12-8-16)30-25(20-14-22(34-4)28(36-6)23(15-20)35-5)24(27(32)29(30)33)26(31)19-10-9-17(2)18(3)13-19/h7-15,25,31H,1-6H3/b26-24+. The van der Waals surface area contributed by atoms with Gasteiger partial charge in [-0.25, -0.2) is 0 Å². The van der Waals surface area contributed by atoms with Crippen molar-refractivity contribution in [3.05, 3.63) is 88.0 Å². The van der Waals surface area contributed by atoms with E-state index in [1.54, 1.807) is 36.4 Å². The number of hydrogen-bond acceptors (Lipinski definition) is 6. The number of aliphatic hydroxyl groups is 1. The second-order valence-electron chi connectivity index (χ2n) is 8.76. The molecule has 186 valence electrons. The molecule has 7 heteroatoms. The average molecular weight is 488 g/mol. The van der Waals surface area contributed by atoms with Gasteiger partial charge in [0.1, 0.15) is 5.76 Å². The third-order valence-corrected chi connectivity index (χ3v) is 6.54. The Balaban J connectivity index is 2.02. The molecule has 0 aromatic heterocycles. The van der Waals surface area contributed by atoms with Crippen LogP contribution in [-0.4, -0.2) is 38.1 Å². The average Bonchev–Trinajstić information content (AvgIpc) is 3.15. The second-order valence-corrected chi connectivity index (χ2v) is 8.76. The highest BCUT2D eigenvalue weighted by atomic mass is 16.5. The molecule has 3 aromatic carbocycles. The first-order chi connectivity index (χ1) is 17.2. The summed E-state index contributed by atoms with van der Waals surface area (Å²) in [5.74, 6) is -0.636. The van der Waals surface area contributed by atoms with E-state index in [1.807, 2.05) is 39.0 Å². The third kappa shape index (κ3) is 4.17. The molecule has 1 heterocycles. The van der Waals surface area contributed by atoms with E-state index >= 15 is 0 Å². The van der Waals surface area contributed by atoms with Crippen LogP contribution < -0.4 is 19.1 Å². The number of carbonyl (C=O) groups is 2. The number of ketones is 1. The highest BCUT2D eigenvalue weighted by Gasteiger charge is 2.47. The van der Waals surface area contributed by atoms with Crippen LogP contribution in [0.15, 0.2) is 60.2 Å². The molecule has 0 aliphatic carbocycles. The van der Waals surface area contributed by atoms with E-state index < -0.39 is 17.7 Å². The number of aryl methyl sites for hydroxylation is 3. The number of rotatable bonds is 6. The zero-order valence-electron chi connectivity index (χ0n) is 21.2. The fourth-order valence-corrected chi connectivity index (χ4v) is 4.42. The summed E-state index contributed by atoms with van der Waals surface area (Å²) in [6, 6.07) is 15.1. The summed E-state index contributed by atoms with van der Waals surface area (Å²) < 4.78 is 16.5. The van der Waals surface area contributed by atoms with Crippen LogP contribution in [-0.2, 0) is 9.59 Å². The molecule has 0 spiro atoms. The van der Waals surface area contributed by atoms with Crippen molar-refractivity contribution < 1.29 is 28.9 Å². The van der Waals surface area contributed by atoms with Gasteiger partial charge in [0.2, 0.25) is 5.75 Å². The van der Waals surface area contributed by atoms with E-state index in [-0.39, 0.29) is 11.3 Å². The summed E-state index contributed by atoms with van der Waals surface area (Å²) in [6.07, 6.45) is 0. The van der Waals surface area contributed by atoms with Crippen molar-refractivity contribution in [1.29, 1.82) is 0 Å². The van der Waals surface area contributed by atoms with Crippen molar-refractivity contribution in [2.24, 2.45) is 0 Å². The third-order valence-electron chi connectivity index (χ3n) is 6.54. The topological polar surface area (TPSA) is 85.3 Å². The van der Waals surface area contributed by atoms with Gasteiger partial charge >= 0.3 is 0 Å². The Labute approximate surface area is 210 Å². The number of anilines is 1. The predicted molar refractivity (Wildman–Crippen MR) is 138 cm³/mol. The molecule has 1 atom stereocenters. The molecule has 1 saturated heterocycles. The van der Waals surface area contributed by atoms with Crippen LogP contribution in [0.1, 0.15) is 33.9 Å². The molecule has 36 heavy (non-hydrogen) atoms. The second kappa shape index (κ2) is 9.77. The van der Waals surface area contributed by atoms with E-state index in [2.05, 4.69) is 0 Å². The van der Waals surface area contributed by atoms with Crippen LogP contribution in [0.4, 0.5) is 5.69 Å². The van der Waals surface area contributed by atoms with Crippen molar-refractivity contribution >= 4 is 23.1 Å². The summed E-state index contributed by atoms with van der Waals surface area (Å²) in [6.45, 7) is 5.83. The van der Waals surface area contributed by atoms with Crippen molar-refractivity contribution in [2.75, 3.05) is 26.2 Å². The quantitative estimate of drug-likeness (QED) is 0.290. The zero-order chi connectivity index (χ0) is 26.1.